The molecule has 0 atom stereocenters. The lowest BCUT2D eigenvalue weighted by Gasteiger charge is -2.15. The van der Waals surface area contributed by atoms with E-state index in [2.05, 4.69) is 15.0 Å². The SMILES string of the molecule is Cc1nc(-c2ccc(F)cc2F)c(-c2cc(S(=O)(=O)C(C)C)c3nc(N)[nH]c3c2)n1Cc1ccccc1. The number of hydrogen-bond acceptors (Lipinski definition) is 5. The highest BCUT2D eigenvalue weighted by Gasteiger charge is 2.28. The molecule has 3 N–H and O–H groups in total. The number of halogens is 2. The Labute approximate surface area is 212 Å². The summed E-state index contributed by atoms with van der Waals surface area (Å²) in [5.74, 6) is -0.823. The summed E-state index contributed by atoms with van der Waals surface area (Å²) in [5.41, 5.74) is 8.85. The Bertz CT molecular complexity index is 1740. The minimum Gasteiger partial charge on any atom is -0.369 e. The molecule has 0 radical (unpaired) electrons. The van der Waals surface area contributed by atoms with Crippen molar-refractivity contribution in [1.29, 1.82) is 0 Å². The van der Waals surface area contributed by atoms with Gasteiger partial charge >= 0.3 is 0 Å². The number of anilines is 1. The fourth-order valence-electron chi connectivity index (χ4n) is 4.40. The number of nitrogen functional groups attached to an aromatic ring is 1. The predicted molar refractivity (Wildman–Crippen MR) is 140 cm³/mol. The molecule has 10 heteroatoms. The lowest BCUT2D eigenvalue weighted by molar-refractivity contribution is 0.585. The van der Waals surface area contributed by atoms with Gasteiger partial charge in [-0.1, -0.05) is 30.3 Å². The van der Waals surface area contributed by atoms with Gasteiger partial charge in [-0.25, -0.2) is 27.2 Å². The number of benzene rings is 3. The number of imidazole rings is 2. The van der Waals surface area contributed by atoms with Crippen LogP contribution in [0.15, 0.2) is 65.6 Å². The molecular formula is C27H25F2N5O2S. The van der Waals surface area contributed by atoms with Gasteiger partial charge in [0.15, 0.2) is 15.8 Å². The van der Waals surface area contributed by atoms with Crippen LogP contribution in [-0.4, -0.2) is 33.2 Å². The number of nitrogens with two attached hydrogens (primary N) is 1. The molecule has 7 nitrogen and oxygen atoms in total. The van der Waals surface area contributed by atoms with Crippen LogP contribution in [0.2, 0.25) is 0 Å². The average molecular weight is 522 g/mol. The second-order valence-electron chi connectivity index (χ2n) is 9.14. The molecular weight excluding hydrogens is 496 g/mol. The van der Waals surface area contributed by atoms with Gasteiger partial charge in [0.05, 0.1) is 27.0 Å². The fourth-order valence-corrected chi connectivity index (χ4v) is 5.62. The monoisotopic (exact) mass is 521 g/mol. The van der Waals surface area contributed by atoms with Crippen LogP contribution in [-0.2, 0) is 16.4 Å². The second-order valence-corrected chi connectivity index (χ2v) is 11.6. The number of sulfone groups is 1. The number of rotatable bonds is 6. The first kappa shape index (κ1) is 24.6. The molecule has 37 heavy (non-hydrogen) atoms. The van der Waals surface area contributed by atoms with E-state index in [9.17, 15) is 12.8 Å². The molecule has 2 heterocycles. The van der Waals surface area contributed by atoms with Gasteiger partial charge in [-0.3, -0.25) is 0 Å². The van der Waals surface area contributed by atoms with E-state index in [1.54, 1.807) is 26.8 Å². The molecule has 5 aromatic rings. The minimum absolute atomic E-state index is 0.0126. The molecule has 0 saturated heterocycles. The van der Waals surface area contributed by atoms with E-state index in [4.69, 9.17) is 5.73 Å². The molecule has 0 aliphatic heterocycles. The maximum absolute atomic E-state index is 15.0. The van der Waals surface area contributed by atoms with Gasteiger partial charge in [-0.2, -0.15) is 0 Å². The molecule has 0 fully saturated rings. The van der Waals surface area contributed by atoms with Crippen LogP contribution in [0.1, 0.15) is 25.2 Å². The molecule has 0 amide bonds. The zero-order valence-electron chi connectivity index (χ0n) is 20.5. The Morgan fingerprint density at radius 1 is 1.03 bits per heavy atom. The minimum atomic E-state index is -3.77. The van der Waals surface area contributed by atoms with Crippen molar-refractivity contribution in [2.75, 3.05) is 5.73 Å². The van der Waals surface area contributed by atoms with Crippen LogP contribution in [0.25, 0.3) is 33.5 Å². The van der Waals surface area contributed by atoms with E-state index in [1.807, 2.05) is 34.9 Å². The molecule has 0 aliphatic carbocycles. The van der Waals surface area contributed by atoms with Crippen LogP contribution in [0.3, 0.4) is 0 Å². The zero-order chi connectivity index (χ0) is 26.5. The van der Waals surface area contributed by atoms with Crippen LogP contribution < -0.4 is 5.73 Å². The van der Waals surface area contributed by atoms with Crippen molar-refractivity contribution in [1.82, 2.24) is 19.5 Å². The van der Waals surface area contributed by atoms with Gasteiger partial charge < -0.3 is 15.3 Å². The number of aryl methyl sites for hydroxylation is 1. The van der Waals surface area contributed by atoms with Crippen LogP contribution in [0.4, 0.5) is 14.7 Å². The van der Waals surface area contributed by atoms with Crippen molar-refractivity contribution in [3.05, 3.63) is 83.7 Å². The van der Waals surface area contributed by atoms with Crippen LogP contribution in [0, 0.1) is 18.6 Å². The maximum atomic E-state index is 15.0. The van der Waals surface area contributed by atoms with E-state index in [0.717, 1.165) is 11.6 Å². The fraction of sp³-hybridized carbons (Fsp3) is 0.185. The van der Waals surface area contributed by atoms with Gasteiger partial charge in [0, 0.05) is 23.7 Å². The number of fused-ring (bicyclic) bond motifs is 1. The maximum Gasteiger partial charge on any atom is 0.198 e. The molecule has 3 aromatic carbocycles. The lowest BCUT2D eigenvalue weighted by atomic mass is 10.0. The standard InChI is InChI=1S/C27H25F2N5O2S/c1-15(2)37(35,36)23-12-18(11-22-25(23)33-27(30)32-22)26-24(20-10-9-19(28)13-21(20)29)31-16(3)34(26)14-17-7-5-4-6-8-17/h4-13,15H,14H2,1-3H3,(H3,30,32,33). The van der Waals surface area contributed by atoms with E-state index in [1.165, 1.54) is 18.2 Å². The Morgan fingerprint density at radius 3 is 2.43 bits per heavy atom. The molecule has 2 aromatic heterocycles. The van der Waals surface area contributed by atoms with Crippen molar-refractivity contribution in [3.8, 4) is 22.5 Å². The Kier molecular flexibility index (Phi) is 6.07. The summed E-state index contributed by atoms with van der Waals surface area (Å²) in [6.45, 7) is 5.36. The molecule has 0 spiro atoms. The number of hydrogen-bond donors (Lipinski definition) is 2. The normalized spacial score (nSPS) is 12.1. The third-order valence-electron chi connectivity index (χ3n) is 6.30. The summed E-state index contributed by atoms with van der Waals surface area (Å²) in [5, 5.41) is -0.714. The third kappa shape index (κ3) is 4.37. The molecule has 0 bridgehead atoms. The number of nitrogens with one attached hydrogen (secondary N) is 1. The smallest absolute Gasteiger partial charge is 0.198 e. The zero-order valence-corrected chi connectivity index (χ0v) is 21.3. The lowest BCUT2D eigenvalue weighted by Crippen LogP contribution is -2.15. The average Bonchev–Trinajstić information content (AvgIpc) is 3.37. The van der Waals surface area contributed by atoms with Crippen molar-refractivity contribution in [2.45, 2.75) is 37.5 Å². The molecule has 0 aliphatic rings. The van der Waals surface area contributed by atoms with Crippen molar-refractivity contribution in [3.63, 3.8) is 0 Å². The molecule has 190 valence electrons. The van der Waals surface area contributed by atoms with Gasteiger partial charge in [-0.15, -0.1) is 0 Å². The highest BCUT2D eigenvalue weighted by atomic mass is 32.2. The van der Waals surface area contributed by atoms with Gasteiger partial charge in [0.2, 0.25) is 0 Å². The number of aromatic amines is 1. The first-order valence-corrected chi connectivity index (χ1v) is 13.2. The van der Waals surface area contributed by atoms with Crippen LogP contribution in [0.5, 0.6) is 0 Å². The molecule has 0 unspecified atom stereocenters. The third-order valence-corrected chi connectivity index (χ3v) is 8.46. The summed E-state index contributed by atoms with van der Waals surface area (Å²) in [6.07, 6.45) is 0. The first-order chi connectivity index (χ1) is 17.6. The van der Waals surface area contributed by atoms with Gasteiger partial charge in [0.1, 0.15) is 23.0 Å². The molecule has 5 rings (SSSR count). The van der Waals surface area contributed by atoms with Gasteiger partial charge in [-0.05, 0) is 50.6 Å². The highest BCUT2D eigenvalue weighted by molar-refractivity contribution is 7.92. The number of aromatic nitrogens is 4. The summed E-state index contributed by atoms with van der Waals surface area (Å²) >= 11 is 0. The van der Waals surface area contributed by atoms with Crippen LogP contribution >= 0.6 is 0 Å². The van der Waals surface area contributed by atoms with Crippen molar-refractivity contribution in [2.24, 2.45) is 0 Å². The largest absolute Gasteiger partial charge is 0.369 e. The highest BCUT2D eigenvalue weighted by Crippen LogP contribution is 2.38. The quantitative estimate of drug-likeness (QED) is 0.307. The summed E-state index contributed by atoms with van der Waals surface area (Å²) in [7, 11) is -3.77. The summed E-state index contributed by atoms with van der Waals surface area (Å²) in [6, 6.07) is 16.2. The second kappa shape index (κ2) is 9.11. The Morgan fingerprint density at radius 2 is 1.76 bits per heavy atom. The molecule has 0 saturated carbocycles. The van der Waals surface area contributed by atoms with Gasteiger partial charge in [0.25, 0.3) is 0 Å². The number of nitrogens with zero attached hydrogens (tertiary/aromatic N) is 3. The van der Waals surface area contributed by atoms with Crippen molar-refractivity contribution >= 4 is 26.8 Å². The predicted octanol–water partition coefficient (Wildman–Crippen LogP) is 5.49. The van der Waals surface area contributed by atoms with E-state index in [-0.39, 0.29) is 27.6 Å². The Balaban J connectivity index is 1.85. The Hall–Kier alpha value is -4.05. The van der Waals surface area contributed by atoms with E-state index < -0.39 is 26.7 Å². The van der Waals surface area contributed by atoms with E-state index in [0.29, 0.717) is 29.1 Å². The summed E-state index contributed by atoms with van der Waals surface area (Å²) < 4.78 is 57.3. The topological polar surface area (TPSA) is 107 Å². The number of H-pyrrole nitrogens is 1. The van der Waals surface area contributed by atoms with Crippen molar-refractivity contribution < 1.29 is 17.2 Å². The van der Waals surface area contributed by atoms with E-state index >= 15 is 4.39 Å². The summed E-state index contributed by atoms with van der Waals surface area (Å²) in [4.78, 5) is 11.8. The first-order valence-electron chi connectivity index (χ1n) is 11.7.